The predicted octanol–water partition coefficient (Wildman–Crippen LogP) is 3.74. The molecule has 21 heavy (non-hydrogen) atoms. The first-order chi connectivity index (χ1) is 9.78. The predicted molar refractivity (Wildman–Crippen MR) is 70.4 cm³/mol. The fraction of sp³-hybridized carbons (Fsp3) is 0.571. The van der Waals surface area contributed by atoms with E-state index in [4.69, 9.17) is 0 Å². The lowest BCUT2D eigenvalue weighted by Crippen LogP contribution is -2.28. The summed E-state index contributed by atoms with van der Waals surface area (Å²) >= 11 is 0. The summed E-state index contributed by atoms with van der Waals surface area (Å²) in [6, 6.07) is 4.46. The largest absolute Gasteiger partial charge is 0.534 e. The van der Waals surface area contributed by atoms with Crippen molar-refractivity contribution in [3.8, 4) is 5.75 Å². The van der Waals surface area contributed by atoms with E-state index >= 15 is 0 Å². The first kappa shape index (κ1) is 14.7. The summed E-state index contributed by atoms with van der Waals surface area (Å²) < 4.78 is 63.4. The van der Waals surface area contributed by atoms with Gasteiger partial charge in [0.05, 0.1) is 0 Å². The zero-order valence-electron chi connectivity index (χ0n) is 11.2. The summed E-state index contributed by atoms with van der Waals surface area (Å²) in [7, 11) is -5.60. The molecule has 1 fully saturated rings. The van der Waals surface area contributed by atoms with Crippen molar-refractivity contribution < 1.29 is 25.8 Å². The van der Waals surface area contributed by atoms with Gasteiger partial charge in [-0.15, -0.1) is 0 Å². The Morgan fingerprint density at radius 1 is 1.14 bits per heavy atom. The standard InChI is InChI=1S/C14H15F3O3S/c15-14(16,17)21(18,19)20-11-6-5-10-7-9-3-1-2-4-12(9)13(10)8-11/h5-6,8-9,12H,1-4,7H2. The quantitative estimate of drug-likeness (QED) is 0.616. The molecule has 0 N–H and O–H groups in total. The van der Waals surface area contributed by atoms with Gasteiger partial charge in [0, 0.05) is 0 Å². The van der Waals surface area contributed by atoms with Gasteiger partial charge in [0.1, 0.15) is 5.75 Å². The molecule has 0 aliphatic heterocycles. The summed E-state index contributed by atoms with van der Waals surface area (Å²) in [5, 5.41) is 0. The topological polar surface area (TPSA) is 43.4 Å². The Morgan fingerprint density at radius 2 is 1.86 bits per heavy atom. The van der Waals surface area contributed by atoms with E-state index in [0.29, 0.717) is 11.8 Å². The molecule has 0 amide bonds. The molecule has 3 rings (SSSR count). The number of halogens is 3. The minimum Gasteiger partial charge on any atom is -0.376 e. The van der Waals surface area contributed by atoms with Gasteiger partial charge in [-0.2, -0.15) is 21.6 Å². The van der Waals surface area contributed by atoms with Crippen LogP contribution in [0.5, 0.6) is 5.75 Å². The van der Waals surface area contributed by atoms with Crippen molar-refractivity contribution >= 4 is 10.1 Å². The number of hydrogen-bond acceptors (Lipinski definition) is 3. The third kappa shape index (κ3) is 2.63. The van der Waals surface area contributed by atoms with Gasteiger partial charge in [0.25, 0.3) is 0 Å². The second kappa shape index (κ2) is 4.90. The Bertz CT molecular complexity index is 652. The van der Waals surface area contributed by atoms with Crippen LogP contribution in [-0.4, -0.2) is 13.9 Å². The van der Waals surface area contributed by atoms with Crippen molar-refractivity contribution in [3.63, 3.8) is 0 Å². The molecule has 7 heteroatoms. The van der Waals surface area contributed by atoms with Crippen molar-refractivity contribution in [3.05, 3.63) is 29.3 Å². The highest BCUT2D eigenvalue weighted by atomic mass is 32.2. The monoisotopic (exact) mass is 320 g/mol. The molecule has 1 saturated carbocycles. The van der Waals surface area contributed by atoms with E-state index in [9.17, 15) is 21.6 Å². The zero-order chi connectivity index (χ0) is 15.3. The molecule has 2 aliphatic rings. The number of alkyl halides is 3. The third-order valence-corrected chi connectivity index (χ3v) is 5.38. The van der Waals surface area contributed by atoms with Gasteiger partial charge >= 0.3 is 15.6 Å². The number of benzene rings is 1. The highest BCUT2D eigenvalue weighted by molar-refractivity contribution is 7.88. The SMILES string of the molecule is O=S(=O)(Oc1ccc2c(c1)C1CCCCC1C2)C(F)(F)F. The molecule has 0 saturated heterocycles. The lowest BCUT2D eigenvalue weighted by Gasteiger charge is -2.25. The van der Waals surface area contributed by atoms with Crippen molar-refractivity contribution in [1.29, 1.82) is 0 Å². The molecule has 0 bridgehead atoms. The first-order valence-corrected chi connectivity index (χ1v) is 8.32. The third-order valence-electron chi connectivity index (χ3n) is 4.40. The Hall–Kier alpha value is -1.24. The molecular weight excluding hydrogens is 305 g/mol. The van der Waals surface area contributed by atoms with Crippen molar-refractivity contribution in [2.24, 2.45) is 5.92 Å². The Kier molecular flexibility index (Phi) is 3.43. The molecular formula is C14H15F3O3S. The lowest BCUT2D eigenvalue weighted by molar-refractivity contribution is -0.0500. The second-order valence-corrected chi connectivity index (χ2v) is 7.24. The molecule has 0 radical (unpaired) electrons. The smallest absolute Gasteiger partial charge is 0.376 e. The van der Waals surface area contributed by atoms with E-state index in [1.54, 1.807) is 6.07 Å². The molecule has 116 valence electrons. The van der Waals surface area contributed by atoms with E-state index in [0.717, 1.165) is 36.8 Å². The van der Waals surface area contributed by atoms with Crippen molar-refractivity contribution in [2.45, 2.75) is 43.5 Å². The van der Waals surface area contributed by atoms with Crippen LogP contribution in [0.25, 0.3) is 0 Å². The average molecular weight is 320 g/mol. The van der Waals surface area contributed by atoms with Crippen LogP contribution in [0, 0.1) is 5.92 Å². The van der Waals surface area contributed by atoms with E-state index in [1.807, 2.05) is 0 Å². The fourth-order valence-corrected chi connectivity index (χ4v) is 3.93. The van der Waals surface area contributed by atoms with Gasteiger partial charge in [-0.3, -0.25) is 0 Å². The molecule has 2 aliphatic carbocycles. The van der Waals surface area contributed by atoms with Gasteiger partial charge < -0.3 is 4.18 Å². The molecule has 1 aromatic carbocycles. The Labute approximate surface area is 121 Å². The summed E-state index contributed by atoms with van der Waals surface area (Å²) in [6.07, 6.45) is 5.34. The molecule has 0 spiro atoms. The van der Waals surface area contributed by atoms with Crippen LogP contribution in [-0.2, 0) is 16.5 Å². The highest BCUT2D eigenvalue weighted by Crippen LogP contribution is 2.47. The molecule has 1 aromatic rings. The lowest BCUT2D eigenvalue weighted by atomic mass is 9.80. The van der Waals surface area contributed by atoms with Gasteiger partial charge in [0.15, 0.2) is 0 Å². The van der Waals surface area contributed by atoms with E-state index in [-0.39, 0.29) is 5.75 Å². The number of hydrogen-bond donors (Lipinski definition) is 0. The maximum absolute atomic E-state index is 12.3. The summed E-state index contributed by atoms with van der Waals surface area (Å²) in [5.74, 6) is 0.603. The second-order valence-electron chi connectivity index (χ2n) is 5.70. The maximum Gasteiger partial charge on any atom is 0.534 e. The van der Waals surface area contributed by atoms with E-state index in [2.05, 4.69) is 4.18 Å². The van der Waals surface area contributed by atoms with Crippen LogP contribution >= 0.6 is 0 Å². The number of fused-ring (bicyclic) bond motifs is 3. The van der Waals surface area contributed by atoms with Crippen LogP contribution in [0.3, 0.4) is 0 Å². The van der Waals surface area contributed by atoms with Crippen LogP contribution < -0.4 is 4.18 Å². The van der Waals surface area contributed by atoms with Crippen LogP contribution in [0.2, 0.25) is 0 Å². The Morgan fingerprint density at radius 3 is 2.57 bits per heavy atom. The van der Waals surface area contributed by atoms with Crippen molar-refractivity contribution in [2.75, 3.05) is 0 Å². The summed E-state index contributed by atoms with van der Waals surface area (Å²) in [6.45, 7) is 0. The molecule has 3 nitrogen and oxygen atoms in total. The average Bonchev–Trinajstić information content (AvgIpc) is 2.75. The van der Waals surface area contributed by atoms with Gasteiger partial charge in [-0.25, -0.2) is 0 Å². The maximum atomic E-state index is 12.3. The molecule has 2 atom stereocenters. The first-order valence-electron chi connectivity index (χ1n) is 6.91. The van der Waals surface area contributed by atoms with Crippen LogP contribution in [0.15, 0.2) is 18.2 Å². The van der Waals surface area contributed by atoms with Crippen molar-refractivity contribution in [1.82, 2.24) is 0 Å². The van der Waals surface area contributed by atoms with Crippen LogP contribution in [0.1, 0.15) is 42.7 Å². The van der Waals surface area contributed by atoms with Gasteiger partial charge in [-0.1, -0.05) is 18.9 Å². The van der Waals surface area contributed by atoms with Crippen LogP contribution in [0.4, 0.5) is 13.2 Å². The minimum absolute atomic E-state index is 0.253. The zero-order valence-corrected chi connectivity index (χ0v) is 12.0. The molecule has 2 unspecified atom stereocenters. The van der Waals surface area contributed by atoms with Gasteiger partial charge in [0.2, 0.25) is 0 Å². The molecule has 0 heterocycles. The minimum atomic E-state index is -5.60. The fourth-order valence-electron chi connectivity index (χ4n) is 3.47. The molecule has 0 aromatic heterocycles. The normalized spacial score (nSPS) is 25.3. The van der Waals surface area contributed by atoms with Gasteiger partial charge in [-0.05, 0) is 54.4 Å². The van der Waals surface area contributed by atoms with E-state index < -0.39 is 15.6 Å². The highest BCUT2D eigenvalue weighted by Gasteiger charge is 2.48. The number of rotatable bonds is 2. The summed E-state index contributed by atoms with van der Waals surface area (Å²) in [5.41, 5.74) is -3.35. The summed E-state index contributed by atoms with van der Waals surface area (Å²) in [4.78, 5) is 0. The van der Waals surface area contributed by atoms with E-state index in [1.165, 1.54) is 18.6 Å². The Balaban J connectivity index is 1.88.